The van der Waals surface area contributed by atoms with Gasteiger partial charge in [0, 0.05) is 5.57 Å². The first-order chi connectivity index (χ1) is 8.08. The van der Waals surface area contributed by atoms with Crippen molar-refractivity contribution in [2.75, 3.05) is 14.2 Å². The number of rotatable bonds is 4. The summed E-state index contributed by atoms with van der Waals surface area (Å²) in [6.45, 7) is 0. The van der Waals surface area contributed by atoms with E-state index in [-0.39, 0.29) is 18.3 Å². The lowest BCUT2D eigenvalue weighted by Crippen LogP contribution is -2.25. The first kappa shape index (κ1) is 13.4. The SMILES string of the molecule is COC(=O)C1=CC=C[C@@H](C[C@@H](O)C(=O)OC)C1. The molecule has 0 bridgehead atoms. The van der Waals surface area contributed by atoms with E-state index in [1.54, 1.807) is 12.2 Å². The molecule has 17 heavy (non-hydrogen) atoms. The highest BCUT2D eigenvalue weighted by Crippen LogP contribution is 2.23. The highest BCUT2D eigenvalue weighted by atomic mass is 16.5. The van der Waals surface area contributed by atoms with Gasteiger partial charge in [0.25, 0.3) is 0 Å². The predicted molar refractivity (Wildman–Crippen MR) is 60.0 cm³/mol. The van der Waals surface area contributed by atoms with E-state index in [0.717, 1.165) is 0 Å². The molecule has 0 radical (unpaired) electrons. The Labute approximate surface area is 99.7 Å². The highest BCUT2D eigenvalue weighted by molar-refractivity contribution is 5.89. The van der Waals surface area contributed by atoms with Gasteiger partial charge in [0.05, 0.1) is 14.2 Å². The number of hydrogen-bond donors (Lipinski definition) is 1. The molecule has 0 aromatic carbocycles. The van der Waals surface area contributed by atoms with Gasteiger partial charge >= 0.3 is 11.9 Å². The zero-order chi connectivity index (χ0) is 12.8. The maximum absolute atomic E-state index is 11.3. The second kappa shape index (κ2) is 6.20. The van der Waals surface area contributed by atoms with Crippen LogP contribution in [0.5, 0.6) is 0 Å². The quantitative estimate of drug-likeness (QED) is 0.728. The molecule has 0 aromatic heterocycles. The summed E-state index contributed by atoms with van der Waals surface area (Å²) in [5.41, 5.74) is 0.539. The van der Waals surface area contributed by atoms with E-state index in [1.165, 1.54) is 14.2 Å². The molecule has 1 rings (SSSR count). The number of allylic oxidation sites excluding steroid dienone is 3. The predicted octanol–water partition coefficient (Wildman–Crippen LogP) is 0.586. The second-order valence-corrected chi connectivity index (χ2v) is 3.81. The summed E-state index contributed by atoms with van der Waals surface area (Å²) in [5.74, 6) is -1.11. The zero-order valence-electron chi connectivity index (χ0n) is 9.88. The molecule has 1 aliphatic rings. The Bertz CT molecular complexity index is 356. The first-order valence-corrected chi connectivity index (χ1v) is 5.30. The standard InChI is InChI=1S/C12H16O5/c1-16-11(14)9-5-3-4-8(6-9)7-10(13)12(15)17-2/h3-5,8,10,13H,6-7H2,1-2H3/t8-,10-/m1/s1. The van der Waals surface area contributed by atoms with Gasteiger partial charge in [-0.2, -0.15) is 0 Å². The zero-order valence-corrected chi connectivity index (χ0v) is 9.88. The van der Waals surface area contributed by atoms with E-state index in [4.69, 9.17) is 0 Å². The molecule has 0 amide bonds. The molecule has 0 fully saturated rings. The Hall–Kier alpha value is -1.62. The molecule has 0 saturated heterocycles. The van der Waals surface area contributed by atoms with E-state index >= 15 is 0 Å². The van der Waals surface area contributed by atoms with Crippen LogP contribution in [0.3, 0.4) is 0 Å². The fourth-order valence-electron chi connectivity index (χ4n) is 1.71. The number of aliphatic hydroxyl groups excluding tert-OH is 1. The summed E-state index contributed by atoms with van der Waals surface area (Å²) in [6.07, 6.45) is 4.77. The fraction of sp³-hybridized carbons (Fsp3) is 0.500. The van der Waals surface area contributed by atoms with Gasteiger partial charge in [0.1, 0.15) is 0 Å². The van der Waals surface area contributed by atoms with Gasteiger partial charge in [-0.25, -0.2) is 9.59 Å². The summed E-state index contributed by atoms with van der Waals surface area (Å²) in [6, 6.07) is 0. The van der Waals surface area contributed by atoms with Crippen molar-refractivity contribution in [1.29, 1.82) is 0 Å². The minimum absolute atomic E-state index is 0.0665. The first-order valence-electron chi connectivity index (χ1n) is 5.30. The third-order valence-electron chi connectivity index (χ3n) is 2.61. The van der Waals surface area contributed by atoms with Crippen LogP contribution < -0.4 is 0 Å². The number of carbonyl (C=O) groups is 2. The van der Waals surface area contributed by atoms with Crippen molar-refractivity contribution in [2.24, 2.45) is 5.92 Å². The van der Waals surface area contributed by atoms with Gasteiger partial charge < -0.3 is 14.6 Å². The molecular formula is C12H16O5. The summed E-state index contributed by atoms with van der Waals surface area (Å²) >= 11 is 0. The third-order valence-corrected chi connectivity index (χ3v) is 2.61. The molecule has 1 aliphatic carbocycles. The molecule has 0 heterocycles. The Morgan fingerprint density at radius 1 is 1.47 bits per heavy atom. The van der Waals surface area contributed by atoms with Crippen LogP contribution in [0.15, 0.2) is 23.8 Å². The lowest BCUT2D eigenvalue weighted by atomic mass is 9.90. The maximum atomic E-state index is 11.3. The third kappa shape index (κ3) is 3.71. The molecule has 5 nitrogen and oxygen atoms in total. The lowest BCUT2D eigenvalue weighted by molar-refractivity contribution is -0.151. The minimum atomic E-state index is -1.16. The number of methoxy groups -OCH3 is 2. The van der Waals surface area contributed by atoms with Crippen molar-refractivity contribution < 1.29 is 24.2 Å². The second-order valence-electron chi connectivity index (χ2n) is 3.81. The number of aliphatic hydroxyl groups is 1. The summed E-state index contributed by atoms with van der Waals surface area (Å²) in [7, 11) is 2.54. The van der Waals surface area contributed by atoms with Crippen molar-refractivity contribution >= 4 is 11.9 Å². The topological polar surface area (TPSA) is 72.8 Å². The maximum Gasteiger partial charge on any atom is 0.334 e. The van der Waals surface area contributed by atoms with E-state index in [9.17, 15) is 14.7 Å². The molecular weight excluding hydrogens is 224 g/mol. The van der Waals surface area contributed by atoms with Gasteiger partial charge in [0.15, 0.2) is 6.10 Å². The van der Waals surface area contributed by atoms with Crippen molar-refractivity contribution in [1.82, 2.24) is 0 Å². The van der Waals surface area contributed by atoms with Crippen molar-refractivity contribution in [3.8, 4) is 0 Å². The van der Waals surface area contributed by atoms with Crippen LogP contribution in [0, 0.1) is 5.92 Å². The van der Waals surface area contributed by atoms with Crippen molar-refractivity contribution in [3.05, 3.63) is 23.8 Å². The molecule has 94 valence electrons. The number of ether oxygens (including phenoxy) is 2. The molecule has 0 aromatic rings. The minimum Gasteiger partial charge on any atom is -0.467 e. The van der Waals surface area contributed by atoms with Crippen LogP contribution in [0.4, 0.5) is 0 Å². The van der Waals surface area contributed by atoms with Crippen molar-refractivity contribution in [2.45, 2.75) is 18.9 Å². The van der Waals surface area contributed by atoms with Gasteiger partial charge in [-0.1, -0.05) is 18.2 Å². The van der Waals surface area contributed by atoms with Crippen LogP contribution >= 0.6 is 0 Å². The molecule has 0 saturated carbocycles. The van der Waals surface area contributed by atoms with Gasteiger partial charge in [-0.15, -0.1) is 0 Å². The van der Waals surface area contributed by atoms with E-state index in [1.807, 2.05) is 6.08 Å². The monoisotopic (exact) mass is 240 g/mol. The van der Waals surface area contributed by atoms with Crippen LogP contribution in [0.1, 0.15) is 12.8 Å². The van der Waals surface area contributed by atoms with Crippen LogP contribution in [0.25, 0.3) is 0 Å². The Kier molecular flexibility index (Phi) is 4.90. The Balaban J connectivity index is 2.55. The smallest absolute Gasteiger partial charge is 0.334 e. The number of esters is 2. The normalized spacial score (nSPS) is 20.4. The summed E-state index contributed by atoms with van der Waals surface area (Å²) < 4.78 is 9.05. The molecule has 0 unspecified atom stereocenters. The molecule has 0 aliphatic heterocycles. The Morgan fingerprint density at radius 2 is 2.18 bits per heavy atom. The van der Waals surface area contributed by atoms with Gasteiger partial charge in [-0.3, -0.25) is 0 Å². The van der Waals surface area contributed by atoms with Crippen LogP contribution in [0.2, 0.25) is 0 Å². The lowest BCUT2D eigenvalue weighted by Gasteiger charge is -2.19. The fourth-order valence-corrected chi connectivity index (χ4v) is 1.71. The largest absolute Gasteiger partial charge is 0.467 e. The summed E-state index contributed by atoms with van der Waals surface area (Å²) in [4.78, 5) is 22.4. The van der Waals surface area contributed by atoms with Gasteiger partial charge in [0.2, 0.25) is 0 Å². The average Bonchev–Trinajstić information content (AvgIpc) is 2.37. The Morgan fingerprint density at radius 3 is 2.76 bits per heavy atom. The average molecular weight is 240 g/mol. The van der Waals surface area contributed by atoms with Crippen LogP contribution in [-0.2, 0) is 19.1 Å². The highest BCUT2D eigenvalue weighted by Gasteiger charge is 2.23. The number of hydrogen-bond acceptors (Lipinski definition) is 5. The molecule has 1 N–H and O–H groups in total. The summed E-state index contributed by atoms with van der Waals surface area (Å²) in [5, 5.41) is 9.51. The van der Waals surface area contributed by atoms with E-state index in [0.29, 0.717) is 12.0 Å². The molecule has 2 atom stereocenters. The molecule has 5 heteroatoms. The van der Waals surface area contributed by atoms with E-state index < -0.39 is 12.1 Å². The van der Waals surface area contributed by atoms with Gasteiger partial charge in [-0.05, 0) is 18.8 Å². The van der Waals surface area contributed by atoms with Crippen LogP contribution in [-0.4, -0.2) is 37.4 Å². The number of carbonyl (C=O) groups excluding carboxylic acids is 2. The van der Waals surface area contributed by atoms with E-state index in [2.05, 4.69) is 9.47 Å². The van der Waals surface area contributed by atoms with Crippen molar-refractivity contribution in [3.63, 3.8) is 0 Å². The molecule has 0 spiro atoms.